The van der Waals surface area contributed by atoms with Crippen LogP contribution in [0.5, 0.6) is 0 Å². The predicted molar refractivity (Wildman–Crippen MR) is 84.1 cm³/mol. The summed E-state index contributed by atoms with van der Waals surface area (Å²) >= 11 is 0. The number of likely N-dealkylation sites (tertiary alicyclic amines) is 1. The Morgan fingerprint density at radius 1 is 1.33 bits per heavy atom. The number of hydrogen-bond donors (Lipinski definition) is 1. The second kappa shape index (κ2) is 8.15. The summed E-state index contributed by atoms with van der Waals surface area (Å²) in [6.07, 6.45) is 2.72. The molecule has 1 fully saturated rings. The van der Waals surface area contributed by atoms with Gasteiger partial charge in [-0.1, -0.05) is 37.3 Å². The van der Waals surface area contributed by atoms with E-state index in [2.05, 4.69) is 12.2 Å². The van der Waals surface area contributed by atoms with Gasteiger partial charge in [0.1, 0.15) is 0 Å². The molecular weight excluding hydrogens is 264 g/mol. The molecule has 0 aliphatic carbocycles. The van der Waals surface area contributed by atoms with Crippen molar-refractivity contribution in [3.05, 3.63) is 35.9 Å². The number of benzene rings is 1. The molecule has 1 aliphatic rings. The van der Waals surface area contributed by atoms with E-state index >= 15 is 0 Å². The van der Waals surface area contributed by atoms with Gasteiger partial charge in [-0.3, -0.25) is 4.79 Å². The standard InChI is InChI=1S/C17H26N2O2/c1-3-11-18-15-9-12-19(13-10-15)17(20)16(21-2)14-7-5-4-6-8-14/h4-8,15-16,18H,3,9-13H2,1-2H3. The minimum absolute atomic E-state index is 0.0811. The normalized spacial score (nSPS) is 17.7. The largest absolute Gasteiger partial charge is 0.367 e. The lowest BCUT2D eigenvalue weighted by Crippen LogP contribution is -2.46. The molecule has 116 valence electrons. The van der Waals surface area contributed by atoms with E-state index in [-0.39, 0.29) is 5.91 Å². The Balaban J connectivity index is 1.91. The average molecular weight is 290 g/mol. The van der Waals surface area contributed by atoms with E-state index in [1.807, 2.05) is 35.2 Å². The first-order chi connectivity index (χ1) is 10.3. The van der Waals surface area contributed by atoms with Crippen LogP contribution in [0.2, 0.25) is 0 Å². The Kier molecular flexibility index (Phi) is 6.21. The molecule has 4 heteroatoms. The molecule has 1 N–H and O–H groups in total. The molecule has 0 aromatic heterocycles. The summed E-state index contributed by atoms with van der Waals surface area (Å²) in [6, 6.07) is 10.3. The van der Waals surface area contributed by atoms with Crippen molar-refractivity contribution in [1.82, 2.24) is 10.2 Å². The van der Waals surface area contributed by atoms with Crippen molar-refractivity contribution in [2.45, 2.75) is 38.3 Å². The molecule has 0 spiro atoms. The molecule has 21 heavy (non-hydrogen) atoms. The summed E-state index contributed by atoms with van der Waals surface area (Å²) in [4.78, 5) is 14.6. The molecule has 0 saturated carbocycles. The van der Waals surface area contributed by atoms with Crippen LogP contribution < -0.4 is 5.32 Å². The number of carbonyl (C=O) groups is 1. The molecule has 1 aromatic rings. The van der Waals surface area contributed by atoms with Crippen molar-refractivity contribution >= 4 is 5.91 Å². The van der Waals surface area contributed by atoms with E-state index in [4.69, 9.17) is 4.74 Å². The predicted octanol–water partition coefficient (Wildman–Crippen LogP) is 2.36. The Hall–Kier alpha value is -1.39. The van der Waals surface area contributed by atoms with Gasteiger partial charge in [0.2, 0.25) is 0 Å². The van der Waals surface area contributed by atoms with Crippen molar-refractivity contribution < 1.29 is 9.53 Å². The molecule has 1 aromatic carbocycles. The monoisotopic (exact) mass is 290 g/mol. The van der Waals surface area contributed by atoms with E-state index in [9.17, 15) is 4.79 Å². The minimum Gasteiger partial charge on any atom is -0.367 e. The Morgan fingerprint density at radius 2 is 2.00 bits per heavy atom. The molecule has 1 atom stereocenters. The smallest absolute Gasteiger partial charge is 0.256 e. The third-order valence-electron chi connectivity index (χ3n) is 4.05. The van der Waals surface area contributed by atoms with Gasteiger partial charge in [-0.15, -0.1) is 0 Å². The van der Waals surface area contributed by atoms with Crippen molar-refractivity contribution in [3.63, 3.8) is 0 Å². The number of nitrogens with one attached hydrogen (secondary N) is 1. The fourth-order valence-corrected chi connectivity index (χ4v) is 2.83. The minimum atomic E-state index is -0.480. The molecular formula is C17H26N2O2. The van der Waals surface area contributed by atoms with E-state index in [0.717, 1.165) is 44.5 Å². The van der Waals surface area contributed by atoms with Crippen LogP contribution in [0.25, 0.3) is 0 Å². The maximum absolute atomic E-state index is 12.6. The highest BCUT2D eigenvalue weighted by Crippen LogP contribution is 2.21. The van der Waals surface area contributed by atoms with E-state index in [1.54, 1.807) is 7.11 Å². The second-order valence-electron chi connectivity index (χ2n) is 5.58. The molecule has 0 radical (unpaired) electrons. The Bertz CT molecular complexity index is 428. The first-order valence-corrected chi connectivity index (χ1v) is 7.86. The molecule has 4 nitrogen and oxygen atoms in total. The van der Waals surface area contributed by atoms with Gasteiger partial charge in [0.05, 0.1) is 0 Å². The highest BCUT2D eigenvalue weighted by Gasteiger charge is 2.28. The van der Waals surface area contributed by atoms with Crippen molar-refractivity contribution in [2.24, 2.45) is 0 Å². The third kappa shape index (κ3) is 4.29. The fraction of sp³-hybridized carbons (Fsp3) is 0.588. The van der Waals surface area contributed by atoms with Crippen LogP contribution in [0.4, 0.5) is 0 Å². The highest BCUT2D eigenvalue weighted by molar-refractivity contribution is 5.82. The zero-order chi connectivity index (χ0) is 15.1. The molecule has 1 aliphatic heterocycles. The quantitative estimate of drug-likeness (QED) is 0.874. The zero-order valence-electron chi connectivity index (χ0n) is 13.0. The van der Waals surface area contributed by atoms with Crippen molar-refractivity contribution in [1.29, 1.82) is 0 Å². The van der Waals surface area contributed by atoms with E-state index in [0.29, 0.717) is 6.04 Å². The van der Waals surface area contributed by atoms with Crippen molar-refractivity contribution in [3.8, 4) is 0 Å². The molecule has 1 heterocycles. The summed E-state index contributed by atoms with van der Waals surface area (Å²) in [5.74, 6) is 0.0811. The van der Waals surface area contributed by atoms with Crippen LogP contribution in [0.1, 0.15) is 37.9 Å². The number of ether oxygens (including phenoxy) is 1. The van der Waals surface area contributed by atoms with Gasteiger partial charge in [0, 0.05) is 26.2 Å². The highest BCUT2D eigenvalue weighted by atomic mass is 16.5. The number of nitrogens with zero attached hydrogens (tertiary/aromatic N) is 1. The molecule has 1 unspecified atom stereocenters. The summed E-state index contributed by atoms with van der Waals surface area (Å²) in [5.41, 5.74) is 0.927. The number of piperidine rings is 1. The van der Waals surface area contributed by atoms with Crippen LogP contribution in [0, 0.1) is 0 Å². The summed E-state index contributed by atoms with van der Waals surface area (Å²) in [5, 5.41) is 3.54. The molecule has 1 saturated heterocycles. The number of hydrogen-bond acceptors (Lipinski definition) is 3. The van der Waals surface area contributed by atoms with Crippen LogP contribution >= 0.6 is 0 Å². The number of methoxy groups -OCH3 is 1. The number of carbonyl (C=O) groups excluding carboxylic acids is 1. The van der Waals surface area contributed by atoms with Gasteiger partial charge in [0.25, 0.3) is 5.91 Å². The lowest BCUT2D eigenvalue weighted by Gasteiger charge is -2.34. The SMILES string of the molecule is CCCNC1CCN(C(=O)C(OC)c2ccccc2)CC1. The molecule has 1 amide bonds. The summed E-state index contributed by atoms with van der Waals surface area (Å²) in [7, 11) is 1.60. The Morgan fingerprint density at radius 3 is 2.57 bits per heavy atom. The first-order valence-electron chi connectivity index (χ1n) is 7.86. The van der Waals surface area contributed by atoms with E-state index in [1.165, 1.54) is 0 Å². The maximum Gasteiger partial charge on any atom is 0.256 e. The van der Waals surface area contributed by atoms with Gasteiger partial charge in [-0.2, -0.15) is 0 Å². The van der Waals surface area contributed by atoms with Gasteiger partial charge in [-0.25, -0.2) is 0 Å². The zero-order valence-corrected chi connectivity index (χ0v) is 13.0. The number of amides is 1. The second-order valence-corrected chi connectivity index (χ2v) is 5.58. The van der Waals surface area contributed by atoms with Crippen LogP contribution in [-0.2, 0) is 9.53 Å². The summed E-state index contributed by atoms with van der Waals surface area (Å²) in [6.45, 7) is 4.86. The topological polar surface area (TPSA) is 41.6 Å². The van der Waals surface area contributed by atoms with Gasteiger partial charge in [0.15, 0.2) is 6.10 Å². The van der Waals surface area contributed by atoms with Gasteiger partial charge < -0.3 is 15.0 Å². The fourth-order valence-electron chi connectivity index (χ4n) is 2.83. The van der Waals surface area contributed by atoms with Crippen LogP contribution in [0.3, 0.4) is 0 Å². The van der Waals surface area contributed by atoms with Crippen LogP contribution in [0.15, 0.2) is 30.3 Å². The number of rotatable bonds is 6. The van der Waals surface area contributed by atoms with Gasteiger partial charge in [-0.05, 0) is 31.4 Å². The Labute approximate surface area is 127 Å². The molecule has 0 bridgehead atoms. The van der Waals surface area contributed by atoms with Crippen molar-refractivity contribution in [2.75, 3.05) is 26.7 Å². The van der Waals surface area contributed by atoms with E-state index < -0.39 is 6.10 Å². The van der Waals surface area contributed by atoms with Crippen LogP contribution in [-0.4, -0.2) is 43.6 Å². The average Bonchev–Trinajstić information content (AvgIpc) is 2.55. The lowest BCUT2D eigenvalue weighted by atomic mass is 10.0. The van der Waals surface area contributed by atoms with Gasteiger partial charge >= 0.3 is 0 Å². The maximum atomic E-state index is 12.6. The third-order valence-corrected chi connectivity index (χ3v) is 4.05. The lowest BCUT2D eigenvalue weighted by molar-refractivity contribution is -0.143. The first kappa shape index (κ1) is 16.0. The molecule has 2 rings (SSSR count). The summed E-state index contributed by atoms with van der Waals surface area (Å²) < 4.78 is 5.44.